The van der Waals surface area contributed by atoms with Crippen LogP contribution in [0.15, 0.2) is 47.1 Å². The highest BCUT2D eigenvalue weighted by Crippen LogP contribution is 2.28. The second-order valence-corrected chi connectivity index (χ2v) is 7.37. The van der Waals surface area contributed by atoms with Crippen LogP contribution in [-0.4, -0.2) is 41.5 Å². The third-order valence-electron chi connectivity index (χ3n) is 5.37. The number of aryl methyl sites for hydroxylation is 1. The van der Waals surface area contributed by atoms with E-state index in [0.29, 0.717) is 49.6 Å². The Morgan fingerprint density at radius 3 is 2.69 bits per heavy atom. The quantitative estimate of drug-likeness (QED) is 0.622. The van der Waals surface area contributed by atoms with Gasteiger partial charge in [0.15, 0.2) is 5.76 Å². The molecule has 4 rings (SSSR count). The molecule has 6 heteroatoms. The number of esters is 1. The minimum atomic E-state index is -0.162. The predicted octanol–water partition coefficient (Wildman–Crippen LogP) is 4.22. The van der Waals surface area contributed by atoms with E-state index in [1.54, 1.807) is 18.4 Å². The maximum absolute atomic E-state index is 13.4. The van der Waals surface area contributed by atoms with Crippen LogP contribution < -0.4 is 0 Å². The first-order chi connectivity index (χ1) is 14.1. The first-order valence-electron chi connectivity index (χ1n) is 9.98. The number of fused-ring (bicyclic) bond motifs is 1. The van der Waals surface area contributed by atoms with Crippen molar-refractivity contribution in [1.82, 2.24) is 9.88 Å². The Balaban J connectivity index is 1.65. The molecule has 3 heterocycles. The molecule has 0 bridgehead atoms. The number of likely N-dealkylation sites (tertiary alicyclic amines) is 1. The van der Waals surface area contributed by atoms with Crippen LogP contribution in [0.3, 0.4) is 0 Å². The molecular weight excluding hydrogens is 368 g/mol. The number of benzene rings is 1. The molecule has 1 fully saturated rings. The minimum absolute atomic E-state index is 0.0434. The summed E-state index contributed by atoms with van der Waals surface area (Å²) in [5, 5.41) is 0.831. The van der Waals surface area contributed by atoms with Gasteiger partial charge in [-0.2, -0.15) is 0 Å². The molecule has 0 spiro atoms. The lowest BCUT2D eigenvalue weighted by Gasteiger charge is -2.31. The summed E-state index contributed by atoms with van der Waals surface area (Å²) in [6.45, 7) is 5.26. The number of ether oxygens (including phenoxy) is 1. The van der Waals surface area contributed by atoms with Crippen LogP contribution in [0.2, 0.25) is 0 Å². The lowest BCUT2D eigenvalue weighted by molar-refractivity contribution is -0.149. The third-order valence-corrected chi connectivity index (χ3v) is 5.37. The van der Waals surface area contributed by atoms with E-state index in [0.717, 1.165) is 16.5 Å². The average Bonchev–Trinajstić information content (AvgIpc) is 3.28. The molecule has 3 aromatic rings. The topological polar surface area (TPSA) is 72.6 Å². The van der Waals surface area contributed by atoms with Gasteiger partial charge in [-0.1, -0.05) is 11.6 Å². The number of aromatic nitrogens is 1. The molecule has 1 amide bonds. The molecule has 0 radical (unpaired) electrons. The van der Waals surface area contributed by atoms with Gasteiger partial charge in [0.25, 0.3) is 5.91 Å². The molecule has 1 aliphatic heterocycles. The fourth-order valence-electron chi connectivity index (χ4n) is 3.82. The Morgan fingerprint density at radius 1 is 1.21 bits per heavy atom. The van der Waals surface area contributed by atoms with Crippen molar-refractivity contribution in [2.45, 2.75) is 26.7 Å². The van der Waals surface area contributed by atoms with E-state index in [2.05, 4.69) is 4.98 Å². The highest BCUT2D eigenvalue weighted by molar-refractivity contribution is 6.07. The van der Waals surface area contributed by atoms with E-state index in [4.69, 9.17) is 9.15 Å². The summed E-state index contributed by atoms with van der Waals surface area (Å²) in [6.07, 6.45) is 2.84. The number of piperidine rings is 1. The number of carbonyl (C=O) groups excluding carboxylic acids is 2. The summed E-state index contributed by atoms with van der Waals surface area (Å²) in [5.41, 5.74) is 3.07. The van der Waals surface area contributed by atoms with Crippen molar-refractivity contribution >= 4 is 22.8 Å². The Labute approximate surface area is 169 Å². The molecule has 1 aliphatic rings. The van der Waals surface area contributed by atoms with Gasteiger partial charge < -0.3 is 14.1 Å². The summed E-state index contributed by atoms with van der Waals surface area (Å²) >= 11 is 0. The zero-order valence-corrected chi connectivity index (χ0v) is 16.7. The van der Waals surface area contributed by atoms with Crippen LogP contribution in [0.1, 0.15) is 35.7 Å². The van der Waals surface area contributed by atoms with Gasteiger partial charge in [0.2, 0.25) is 0 Å². The highest BCUT2D eigenvalue weighted by atomic mass is 16.5. The Morgan fingerprint density at radius 2 is 2.00 bits per heavy atom. The van der Waals surface area contributed by atoms with Gasteiger partial charge in [0.05, 0.1) is 29.9 Å². The van der Waals surface area contributed by atoms with Crippen molar-refractivity contribution < 1.29 is 18.7 Å². The van der Waals surface area contributed by atoms with Gasteiger partial charge in [0.1, 0.15) is 5.69 Å². The van der Waals surface area contributed by atoms with E-state index in [-0.39, 0.29) is 17.8 Å². The fourth-order valence-corrected chi connectivity index (χ4v) is 3.82. The number of hydrogen-bond acceptors (Lipinski definition) is 5. The van der Waals surface area contributed by atoms with Crippen LogP contribution >= 0.6 is 0 Å². The molecule has 0 aliphatic carbocycles. The zero-order valence-electron chi connectivity index (χ0n) is 16.7. The van der Waals surface area contributed by atoms with Crippen LogP contribution in [-0.2, 0) is 9.53 Å². The van der Waals surface area contributed by atoms with Gasteiger partial charge in [-0.3, -0.25) is 9.59 Å². The van der Waals surface area contributed by atoms with Crippen LogP contribution in [0.4, 0.5) is 0 Å². The molecule has 0 atom stereocenters. The molecule has 2 aromatic heterocycles. The maximum Gasteiger partial charge on any atom is 0.309 e. The third kappa shape index (κ3) is 3.88. The lowest BCUT2D eigenvalue weighted by Crippen LogP contribution is -2.40. The molecule has 29 heavy (non-hydrogen) atoms. The smallest absolute Gasteiger partial charge is 0.309 e. The fraction of sp³-hybridized carbons (Fsp3) is 0.348. The summed E-state index contributed by atoms with van der Waals surface area (Å²) < 4.78 is 10.6. The van der Waals surface area contributed by atoms with Crippen molar-refractivity contribution in [1.29, 1.82) is 0 Å². The van der Waals surface area contributed by atoms with Crippen molar-refractivity contribution in [2.24, 2.45) is 5.92 Å². The average molecular weight is 392 g/mol. The molecule has 1 aromatic carbocycles. The summed E-state index contributed by atoms with van der Waals surface area (Å²) in [6, 6.07) is 11.4. The van der Waals surface area contributed by atoms with Gasteiger partial charge in [-0.15, -0.1) is 0 Å². The van der Waals surface area contributed by atoms with Gasteiger partial charge >= 0.3 is 5.97 Å². The summed E-state index contributed by atoms with van der Waals surface area (Å²) in [4.78, 5) is 31.9. The molecule has 0 saturated carbocycles. The van der Waals surface area contributed by atoms with Crippen molar-refractivity contribution in [3.05, 3.63) is 53.8 Å². The second-order valence-electron chi connectivity index (χ2n) is 7.37. The number of carbonyl (C=O) groups is 2. The SMILES string of the molecule is CCOC(=O)C1CCN(C(=O)c2cc(-c3ccco3)nc3ccc(C)cc23)CC1. The van der Waals surface area contributed by atoms with Crippen molar-refractivity contribution in [3.63, 3.8) is 0 Å². The number of nitrogens with zero attached hydrogens (tertiary/aromatic N) is 2. The monoisotopic (exact) mass is 392 g/mol. The number of amides is 1. The number of furan rings is 1. The van der Waals surface area contributed by atoms with Gasteiger partial charge in [0, 0.05) is 18.5 Å². The molecule has 0 unspecified atom stereocenters. The normalized spacial score (nSPS) is 14.9. The first kappa shape index (κ1) is 19.2. The second kappa shape index (κ2) is 8.07. The van der Waals surface area contributed by atoms with Gasteiger partial charge in [-0.05, 0) is 57.0 Å². The largest absolute Gasteiger partial charge is 0.466 e. The molecule has 0 N–H and O–H groups in total. The molecule has 6 nitrogen and oxygen atoms in total. The first-order valence-corrected chi connectivity index (χ1v) is 9.98. The predicted molar refractivity (Wildman–Crippen MR) is 109 cm³/mol. The zero-order chi connectivity index (χ0) is 20.4. The molecule has 1 saturated heterocycles. The minimum Gasteiger partial charge on any atom is -0.466 e. The summed E-state index contributed by atoms with van der Waals surface area (Å²) in [7, 11) is 0. The van der Waals surface area contributed by atoms with Gasteiger partial charge in [-0.25, -0.2) is 4.98 Å². The van der Waals surface area contributed by atoms with E-state index in [1.807, 2.05) is 43.0 Å². The highest BCUT2D eigenvalue weighted by Gasteiger charge is 2.29. The molecule has 150 valence electrons. The van der Waals surface area contributed by atoms with E-state index in [1.165, 1.54) is 0 Å². The number of hydrogen-bond donors (Lipinski definition) is 0. The number of rotatable bonds is 4. The van der Waals surface area contributed by atoms with E-state index < -0.39 is 0 Å². The Bertz CT molecular complexity index is 1030. The van der Waals surface area contributed by atoms with Crippen LogP contribution in [0.25, 0.3) is 22.4 Å². The lowest BCUT2D eigenvalue weighted by atomic mass is 9.95. The van der Waals surface area contributed by atoms with Crippen LogP contribution in [0.5, 0.6) is 0 Å². The van der Waals surface area contributed by atoms with E-state index >= 15 is 0 Å². The van der Waals surface area contributed by atoms with E-state index in [9.17, 15) is 9.59 Å². The maximum atomic E-state index is 13.4. The van der Waals surface area contributed by atoms with Crippen LogP contribution in [0, 0.1) is 12.8 Å². The number of pyridine rings is 1. The van der Waals surface area contributed by atoms with Crippen molar-refractivity contribution in [3.8, 4) is 11.5 Å². The summed E-state index contributed by atoms with van der Waals surface area (Å²) in [5.74, 6) is 0.291. The Hall–Kier alpha value is -3.15. The molecular formula is C23H24N2O4. The standard InChI is InChI=1S/C23H24N2O4/c1-3-28-23(27)16-8-10-25(11-9-16)22(26)18-14-20(21-5-4-12-29-21)24-19-7-6-15(2)13-17(18)19/h4-7,12-14,16H,3,8-11H2,1-2H3. The van der Waals surface area contributed by atoms with Crippen molar-refractivity contribution in [2.75, 3.05) is 19.7 Å². The Kier molecular flexibility index (Phi) is 5.34.